The Bertz CT molecular complexity index is 731. The Balaban J connectivity index is 2.13. The minimum Gasteiger partial charge on any atom is -0.493 e. The van der Waals surface area contributed by atoms with Crippen LogP contribution in [0.3, 0.4) is 0 Å². The molecule has 140 valence electrons. The van der Waals surface area contributed by atoms with Gasteiger partial charge in [-0.2, -0.15) is 0 Å². The standard InChI is InChI=1S/C20H25ClN2O3/c1-24-17-9-8-16(19(25-2)20(17)26-3)18(23-12-10-22-11-13-23)14-4-6-15(21)7-5-14/h4-9,18,22H,10-13H2,1-3H3. The molecule has 1 unspecified atom stereocenters. The summed E-state index contributed by atoms with van der Waals surface area (Å²) < 4.78 is 16.8. The first-order chi connectivity index (χ1) is 12.7. The highest BCUT2D eigenvalue weighted by Gasteiger charge is 2.29. The van der Waals surface area contributed by atoms with Crippen molar-refractivity contribution < 1.29 is 14.2 Å². The van der Waals surface area contributed by atoms with E-state index in [1.54, 1.807) is 21.3 Å². The third-order valence-corrected chi connectivity index (χ3v) is 4.98. The predicted molar refractivity (Wildman–Crippen MR) is 104 cm³/mol. The van der Waals surface area contributed by atoms with E-state index < -0.39 is 0 Å². The number of rotatable bonds is 6. The van der Waals surface area contributed by atoms with Gasteiger partial charge in [-0.25, -0.2) is 0 Å². The van der Waals surface area contributed by atoms with Crippen LogP contribution in [0.5, 0.6) is 17.2 Å². The summed E-state index contributed by atoms with van der Waals surface area (Å²) in [7, 11) is 4.92. The van der Waals surface area contributed by atoms with Crippen LogP contribution in [0.15, 0.2) is 36.4 Å². The number of hydrogen-bond acceptors (Lipinski definition) is 5. The van der Waals surface area contributed by atoms with Crippen LogP contribution in [0.1, 0.15) is 17.2 Å². The van der Waals surface area contributed by atoms with Crippen LogP contribution in [0.25, 0.3) is 0 Å². The van der Waals surface area contributed by atoms with Crippen molar-refractivity contribution in [2.24, 2.45) is 0 Å². The quantitative estimate of drug-likeness (QED) is 0.837. The van der Waals surface area contributed by atoms with Gasteiger partial charge in [-0.1, -0.05) is 23.7 Å². The number of hydrogen-bond donors (Lipinski definition) is 1. The molecule has 0 aromatic heterocycles. The van der Waals surface area contributed by atoms with Gasteiger partial charge in [0.15, 0.2) is 11.5 Å². The lowest BCUT2D eigenvalue weighted by Crippen LogP contribution is -2.45. The first kappa shape index (κ1) is 18.8. The predicted octanol–water partition coefficient (Wildman–Crippen LogP) is 3.36. The van der Waals surface area contributed by atoms with Crippen LogP contribution in [-0.2, 0) is 0 Å². The summed E-state index contributed by atoms with van der Waals surface area (Å²) in [6, 6.07) is 12.0. The number of halogens is 1. The number of piperazine rings is 1. The van der Waals surface area contributed by atoms with Gasteiger partial charge in [-0.3, -0.25) is 4.90 Å². The highest BCUT2D eigenvalue weighted by molar-refractivity contribution is 6.30. The van der Waals surface area contributed by atoms with Crippen molar-refractivity contribution in [2.75, 3.05) is 47.5 Å². The molecule has 6 heteroatoms. The Morgan fingerprint density at radius 3 is 2.12 bits per heavy atom. The molecule has 0 spiro atoms. The molecule has 0 amide bonds. The third kappa shape index (κ3) is 3.75. The van der Waals surface area contributed by atoms with E-state index in [1.165, 1.54) is 5.56 Å². The molecule has 0 saturated carbocycles. The van der Waals surface area contributed by atoms with E-state index >= 15 is 0 Å². The molecule has 0 bridgehead atoms. The lowest BCUT2D eigenvalue weighted by atomic mass is 9.95. The number of nitrogens with one attached hydrogen (secondary N) is 1. The summed E-state index contributed by atoms with van der Waals surface area (Å²) in [4.78, 5) is 2.45. The average Bonchev–Trinajstić information content (AvgIpc) is 2.69. The highest BCUT2D eigenvalue weighted by atomic mass is 35.5. The fourth-order valence-corrected chi connectivity index (χ4v) is 3.64. The normalized spacial score (nSPS) is 16.2. The Morgan fingerprint density at radius 1 is 0.885 bits per heavy atom. The summed E-state index contributed by atoms with van der Waals surface area (Å²) in [6.07, 6.45) is 0. The largest absolute Gasteiger partial charge is 0.493 e. The minimum absolute atomic E-state index is 0.0455. The summed E-state index contributed by atoms with van der Waals surface area (Å²) >= 11 is 6.11. The lowest BCUT2D eigenvalue weighted by Gasteiger charge is -2.36. The van der Waals surface area contributed by atoms with E-state index in [4.69, 9.17) is 25.8 Å². The summed E-state index contributed by atoms with van der Waals surface area (Å²) in [6.45, 7) is 3.81. The maximum atomic E-state index is 6.11. The number of methoxy groups -OCH3 is 3. The molecule has 1 aliphatic rings. The van der Waals surface area contributed by atoms with Crippen molar-refractivity contribution in [3.8, 4) is 17.2 Å². The minimum atomic E-state index is 0.0455. The molecular formula is C20H25ClN2O3. The maximum absolute atomic E-state index is 6.11. The van der Waals surface area contributed by atoms with E-state index in [2.05, 4.69) is 28.4 Å². The molecule has 26 heavy (non-hydrogen) atoms. The van der Waals surface area contributed by atoms with E-state index in [9.17, 15) is 0 Å². The second kappa shape index (κ2) is 8.62. The Morgan fingerprint density at radius 2 is 1.54 bits per heavy atom. The fourth-order valence-electron chi connectivity index (χ4n) is 3.51. The van der Waals surface area contributed by atoms with Crippen molar-refractivity contribution in [1.82, 2.24) is 10.2 Å². The summed E-state index contributed by atoms with van der Waals surface area (Å²) in [5, 5.41) is 4.14. The van der Waals surface area contributed by atoms with Crippen LogP contribution >= 0.6 is 11.6 Å². The molecule has 1 aliphatic heterocycles. The van der Waals surface area contributed by atoms with E-state index in [0.717, 1.165) is 36.8 Å². The zero-order valence-corrected chi connectivity index (χ0v) is 16.2. The van der Waals surface area contributed by atoms with Gasteiger partial charge in [0.05, 0.1) is 27.4 Å². The molecular weight excluding hydrogens is 352 g/mol. The van der Waals surface area contributed by atoms with Crippen molar-refractivity contribution in [1.29, 1.82) is 0 Å². The van der Waals surface area contributed by atoms with Gasteiger partial charge in [0.2, 0.25) is 5.75 Å². The first-order valence-electron chi connectivity index (χ1n) is 8.68. The van der Waals surface area contributed by atoms with Gasteiger partial charge in [-0.05, 0) is 29.8 Å². The highest BCUT2D eigenvalue weighted by Crippen LogP contribution is 2.45. The molecule has 2 aromatic rings. The van der Waals surface area contributed by atoms with Crippen molar-refractivity contribution >= 4 is 11.6 Å². The Kier molecular flexibility index (Phi) is 6.25. The van der Waals surface area contributed by atoms with Crippen LogP contribution in [0.4, 0.5) is 0 Å². The second-order valence-electron chi connectivity index (χ2n) is 6.16. The third-order valence-electron chi connectivity index (χ3n) is 4.73. The van der Waals surface area contributed by atoms with E-state index in [0.29, 0.717) is 17.2 Å². The Labute approximate surface area is 159 Å². The molecule has 1 heterocycles. The molecule has 2 aromatic carbocycles. The van der Waals surface area contributed by atoms with Crippen molar-refractivity contribution in [3.63, 3.8) is 0 Å². The van der Waals surface area contributed by atoms with Gasteiger partial charge in [0.25, 0.3) is 0 Å². The molecule has 1 atom stereocenters. The zero-order chi connectivity index (χ0) is 18.5. The van der Waals surface area contributed by atoms with Crippen LogP contribution in [0.2, 0.25) is 5.02 Å². The molecule has 3 rings (SSSR count). The van der Waals surface area contributed by atoms with Gasteiger partial charge in [0, 0.05) is 36.8 Å². The number of nitrogens with zero attached hydrogens (tertiary/aromatic N) is 1. The molecule has 0 radical (unpaired) electrons. The smallest absolute Gasteiger partial charge is 0.203 e. The van der Waals surface area contributed by atoms with Crippen LogP contribution in [-0.4, -0.2) is 52.4 Å². The van der Waals surface area contributed by atoms with Crippen molar-refractivity contribution in [3.05, 3.63) is 52.5 Å². The molecule has 1 N–H and O–H groups in total. The SMILES string of the molecule is COc1ccc(C(c2ccc(Cl)cc2)N2CCNCC2)c(OC)c1OC. The maximum Gasteiger partial charge on any atom is 0.203 e. The lowest BCUT2D eigenvalue weighted by molar-refractivity contribution is 0.194. The second-order valence-corrected chi connectivity index (χ2v) is 6.60. The number of ether oxygens (including phenoxy) is 3. The molecule has 1 saturated heterocycles. The first-order valence-corrected chi connectivity index (χ1v) is 9.06. The molecule has 1 fully saturated rings. The van der Waals surface area contributed by atoms with Crippen LogP contribution in [0, 0.1) is 0 Å². The monoisotopic (exact) mass is 376 g/mol. The van der Waals surface area contributed by atoms with E-state index in [1.807, 2.05) is 18.2 Å². The molecule has 5 nitrogen and oxygen atoms in total. The van der Waals surface area contributed by atoms with Gasteiger partial charge in [0.1, 0.15) is 0 Å². The van der Waals surface area contributed by atoms with Gasteiger partial charge in [-0.15, -0.1) is 0 Å². The average molecular weight is 377 g/mol. The van der Waals surface area contributed by atoms with Gasteiger partial charge < -0.3 is 19.5 Å². The zero-order valence-electron chi connectivity index (χ0n) is 15.4. The molecule has 0 aliphatic carbocycles. The van der Waals surface area contributed by atoms with Gasteiger partial charge >= 0.3 is 0 Å². The topological polar surface area (TPSA) is 43.0 Å². The summed E-state index contributed by atoms with van der Waals surface area (Å²) in [5.41, 5.74) is 2.22. The van der Waals surface area contributed by atoms with Crippen molar-refractivity contribution in [2.45, 2.75) is 6.04 Å². The number of benzene rings is 2. The van der Waals surface area contributed by atoms with E-state index in [-0.39, 0.29) is 6.04 Å². The Hall–Kier alpha value is -1.95. The fraction of sp³-hybridized carbons (Fsp3) is 0.400. The van der Waals surface area contributed by atoms with Crippen LogP contribution < -0.4 is 19.5 Å². The summed E-state index contributed by atoms with van der Waals surface area (Å²) in [5.74, 6) is 1.97.